The molecule has 1 N–H and O–H groups in total. The Morgan fingerprint density at radius 2 is 1.85 bits per heavy atom. The molecule has 3 nitrogen and oxygen atoms in total. The van der Waals surface area contributed by atoms with E-state index in [1.54, 1.807) is 0 Å². The molecule has 0 aromatic heterocycles. The van der Waals surface area contributed by atoms with Gasteiger partial charge in [-0.25, -0.2) is 0 Å². The average molecular weight is 311 g/mol. The third kappa shape index (κ3) is 5.69. The minimum Gasteiger partial charge on any atom is -0.481 e. The Morgan fingerprint density at radius 3 is 2.30 bits per heavy atom. The van der Waals surface area contributed by atoms with Gasteiger partial charge in [0.05, 0.1) is 5.92 Å². The molecule has 0 saturated heterocycles. The Balaban J connectivity index is 2.75. The molecule has 1 unspecified atom stereocenters. The van der Waals surface area contributed by atoms with E-state index in [2.05, 4.69) is 4.74 Å². The molecule has 0 saturated carbocycles. The third-order valence-corrected chi connectivity index (χ3v) is 2.96. The molecule has 0 aliphatic carbocycles. The largest absolute Gasteiger partial charge is 0.573 e. The van der Waals surface area contributed by atoms with Gasteiger partial charge in [0.25, 0.3) is 0 Å². The minimum atomic E-state index is -4.76. The van der Waals surface area contributed by atoms with Crippen LogP contribution >= 0.6 is 11.6 Å². The molecule has 0 heterocycles. The highest BCUT2D eigenvalue weighted by molar-refractivity contribution is 6.17. The van der Waals surface area contributed by atoms with Crippen LogP contribution in [0.4, 0.5) is 13.2 Å². The van der Waals surface area contributed by atoms with Gasteiger partial charge in [-0.1, -0.05) is 18.6 Å². The fourth-order valence-corrected chi connectivity index (χ4v) is 1.97. The van der Waals surface area contributed by atoms with Gasteiger partial charge in [0.2, 0.25) is 0 Å². The number of aliphatic carboxylic acids is 1. The Kier molecular flexibility index (Phi) is 6.13. The normalized spacial score (nSPS) is 13.0. The standard InChI is InChI=1S/C13H14ClF3O3/c14-8-2-1-3-11(12(18)19)9-4-6-10(7-5-9)20-13(15,16)17/h4-7,11H,1-3,8H2,(H,18,19). The predicted molar refractivity (Wildman–Crippen MR) is 68.1 cm³/mol. The molecule has 0 bridgehead atoms. The number of hydrogen-bond donors (Lipinski definition) is 1. The van der Waals surface area contributed by atoms with Gasteiger partial charge in [0.1, 0.15) is 5.75 Å². The van der Waals surface area contributed by atoms with Crippen LogP contribution < -0.4 is 4.74 Å². The molecule has 0 fully saturated rings. The van der Waals surface area contributed by atoms with Crippen molar-refractivity contribution in [2.45, 2.75) is 31.5 Å². The van der Waals surface area contributed by atoms with E-state index in [-0.39, 0.29) is 5.75 Å². The van der Waals surface area contributed by atoms with Crippen molar-refractivity contribution in [3.05, 3.63) is 29.8 Å². The van der Waals surface area contributed by atoms with Gasteiger partial charge in [0, 0.05) is 5.88 Å². The number of alkyl halides is 4. The van der Waals surface area contributed by atoms with Crippen LogP contribution in [-0.4, -0.2) is 23.3 Å². The fraction of sp³-hybridized carbons (Fsp3) is 0.462. The number of halogens is 4. The quantitative estimate of drug-likeness (QED) is 0.607. The van der Waals surface area contributed by atoms with Crippen LogP contribution in [0.15, 0.2) is 24.3 Å². The highest BCUT2D eigenvalue weighted by atomic mass is 35.5. The summed E-state index contributed by atoms with van der Waals surface area (Å²) in [6.07, 6.45) is -3.03. The van der Waals surface area contributed by atoms with E-state index in [9.17, 15) is 18.0 Å². The molecular formula is C13H14ClF3O3. The predicted octanol–water partition coefficient (Wildman–Crippen LogP) is 4.16. The topological polar surface area (TPSA) is 46.5 Å². The second-order valence-electron chi connectivity index (χ2n) is 4.19. The molecule has 112 valence electrons. The van der Waals surface area contributed by atoms with Crippen molar-refractivity contribution in [3.8, 4) is 5.75 Å². The maximum atomic E-state index is 12.0. The summed E-state index contributed by atoms with van der Waals surface area (Å²) in [5.74, 6) is -1.68. The maximum Gasteiger partial charge on any atom is 0.573 e. The third-order valence-electron chi connectivity index (χ3n) is 2.69. The molecule has 0 spiro atoms. The van der Waals surface area contributed by atoms with E-state index in [1.807, 2.05) is 0 Å². The van der Waals surface area contributed by atoms with Crippen molar-refractivity contribution in [3.63, 3.8) is 0 Å². The first-order valence-electron chi connectivity index (χ1n) is 5.98. The molecule has 0 amide bonds. The zero-order valence-electron chi connectivity index (χ0n) is 10.5. The highest BCUT2D eigenvalue weighted by Gasteiger charge is 2.31. The SMILES string of the molecule is O=C(O)C(CCCCCl)c1ccc(OC(F)(F)F)cc1. The van der Waals surface area contributed by atoms with Gasteiger partial charge in [-0.05, 0) is 30.5 Å². The van der Waals surface area contributed by atoms with Crippen LogP contribution in [0, 0.1) is 0 Å². The molecule has 0 radical (unpaired) electrons. The Hall–Kier alpha value is -1.43. The van der Waals surface area contributed by atoms with E-state index < -0.39 is 18.2 Å². The first-order valence-corrected chi connectivity index (χ1v) is 6.51. The number of rotatable bonds is 7. The van der Waals surface area contributed by atoms with Crippen LogP contribution in [0.25, 0.3) is 0 Å². The number of carboxylic acids is 1. The van der Waals surface area contributed by atoms with Crippen molar-refractivity contribution in [1.29, 1.82) is 0 Å². The van der Waals surface area contributed by atoms with Crippen molar-refractivity contribution >= 4 is 17.6 Å². The molecule has 0 aliphatic rings. The van der Waals surface area contributed by atoms with Crippen LogP contribution in [-0.2, 0) is 4.79 Å². The first kappa shape index (κ1) is 16.6. The molecular weight excluding hydrogens is 297 g/mol. The lowest BCUT2D eigenvalue weighted by Crippen LogP contribution is -2.17. The van der Waals surface area contributed by atoms with E-state index in [1.165, 1.54) is 12.1 Å². The monoisotopic (exact) mass is 310 g/mol. The van der Waals surface area contributed by atoms with E-state index in [4.69, 9.17) is 16.7 Å². The number of carbonyl (C=O) groups is 1. The van der Waals surface area contributed by atoms with Crippen molar-refractivity contribution < 1.29 is 27.8 Å². The number of ether oxygens (including phenoxy) is 1. The zero-order chi connectivity index (χ0) is 15.2. The van der Waals surface area contributed by atoms with Crippen molar-refractivity contribution in [2.24, 2.45) is 0 Å². The molecule has 1 aromatic carbocycles. The second-order valence-corrected chi connectivity index (χ2v) is 4.57. The van der Waals surface area contributed by atoms with Crippen molar-refractivity contribution in [1.82, 2.24) is 0 Å². The van der Waals surface area contributed by atoms with Gasteiger partial charge in [0.15, 0.2) is 0 Å². The number of benzene rings is 1. The summed E-state index contributed by atoms with van der Waals surface area (Å²) < 4.78 is 39.7. The Labute approximate surface area is 119 Å². The number of carboxylic acid groups (broad SMARTS) is 1. The lowest BCUT2D eigenvalue weighted by molar-refractivity contribution is -0.274. The summed E-state index contributed by atoms with van der Waals surface area (Å²) in [4.78, 5) is 11.2. The average Bonchev–Trinajstić information content (AvgIpc) is 2.34. The lowest BCUT2D eigenvalue weighted by Gasteiger charge is -2.14. The Morgan fingerprint density at radius 1 is 1.25 bits per heavy atom. The van der Waals surface area contributed by atoms with E-state index in [0.717, 1.165) is 12.1 Å². The summed E-state index contributed by atoms with van der Waals surface area (Å²) in [5, 5.41) is 9.14. The van der Waals surface area contributed by atoms with Gasteiger partial charge < -0.3 is 9.84 Å². The molecule has 0 aliphatic heterocycles. The van der Waals surface area contributed by atoms with Crippen LogP contribution in [0.5, 0.6) is 5.75 Å². The van der Waals surface area contributed by atoms with Crippen molar-refractivity contribution in [2.75, 3.05) is 5.88 Å². The molecule has 20 heavy (non-hydrogen) atoms. The fourth-order valence-electron chi connectivity index (χ4n) is 1.78. The lowest BCUT2D eigenvalue weighted by atomic mass is 9.94. The highest BCUT2D eigenvalue weighted by Crippen LogP contribution is 2.27. The molecule has 1 rings (SSSR count). The molecule has 7 heteroatoms. The summed E-state index contributed by atoms with van der Waals surface area (Å²) in [7, 11) is 0. The summed E-state index contributed by atoms with van der Waals surface area (Å²) in [5.41, 5.74) is 0.446. The number of unbranched alkanes of at least 4 members (excludes halogenated alkanes) is 1. The Bertz CT molecular complexity index is 431. The van der Waals surface area contributed by atoms with Gasteiger partial charge >= 0.3 is 12.3 Å². The van der Waals surface area contributed by atoms with E-state index >= 15 is 0 Å². The number of hydrogen-bond acceptors (Lipinski definition) is 2. The van der Waals surface area contributed by atoms with Gasteiger partial charge in [-0.2, -0.15) is 0 Å². The summed E-state index contributed by atoms with van der Waals surface area (Å²) in [6.45, 7) is 0. The van der Waals surface area contributed by atoms with Gasteiger partial charge in [-0.15, -0.1) is 24.8 Å². The van der Waals surface area contributed by atoms with Crippen LogP contribution in [0.2, 0.25) is 0 Å². The van der Waals surface area contributed by atoms with E-state index in [0.29, 0.717) is 30.7 Å². The second kappa shape index (κ2) is 7.38. The van der Waals surface area contributed by atoms with Crippen LogP contribution in [0.3, 0.4) is 0 Å². The first-order chi connectivity index (χ1) is 9.33. The zero-order valence-corrected chi connectivity index (χ0v) is 11.2. The van der Waals surface area contributed by atoms with Gasteiger partial charge in [-0.3, -0.25) is 4.79 Å². The molecule has 1 aromatic rings. The smallest absolute Gasteiger partial charge is 0.481 e. The summed E-state index contributed by atoms with van der Waals surface area (Å²) in [6, 6.07) is 4.89. The molecule has 1 atom stereocenters. The maximum absolute atomic E-state index is 12.0. The van der Waals surface area contributed by atoms with Crippen LogP contribution in [0.1, 0.15) is 30.7 Å². The summed E-state index contributed by atoms with van der Waals surface area (Å²) >= 11 is 5.52. The minimum absolute atomic E-state index is 0.369.